The molecule has 0 bridgehead atoms. The van der Waals surface area contributed by atoms with Gasteiger partial charge < -0.3 is 15.2 Å². The molecule has 2 aliphatic rings. The molecule has 0 saturated carbocycles. The van der Waals surface area contributed by atoms with Gasteiger partial charge in [0, 0.05) is 31.1 Å². The van der Waals surface area contributed by atoms with Gasteiger partial charge in [-0.15, -0.1) is 0 Å². The Balaban J connectivity index is 1.76. The second-order valence-corrected chi connectivity index (χ2v) is 9.69. The van der Waals surface area contributed by atoms with E-state index in [0.717, 1.165) is 73.7 Å². The first-order valence-corrected chi connectivity index (χ1v) is 12.6. The Bertz CT molecular complexity index is 915. The molecular formula is C26H34N2O3S. The summed E-state index contributed by atoms with van der Waals surface area (Å²) < 4.78 is 11.9. The minimum absolute atomic E-state index is 0.159. The summed E-state index contributed by atoms with van der Waals surface area (Å²) in [5, 5.41) is 0. The van der Waals surface area contributed by atoms with Crippen LogP contribution in [0.15, 0.2) is 53.4 Å². The van der Waals surface area contributed by atoms with Gasteiger partial charge in [-0.3, -0.25) is 9.69 Å². The zero-order valence-electron chi connectivity index (χ0n) is 18.9. The van der Waals surface area contributed by atoms with Crippen LogP contribution in [0.25, 0.3) is 0 Å². The number of ether oxygens (including phenoxy) is 2. The summed E-state index contributed by atoms with van der Waals surface area (Å²) in [5.41, 5.74) is 8.27. The molecular weight excluding hydrogens is 420 g/mol. The van der Waals surface area contributed by atoms with Gasteiger partial charge in [0.1, 0.15) is 10.9 Å². The number of amides is 1. The molecule has 2 N–H and O–H groups in total. The summed E-state index contributed by atoms with van der Waals surface area (Å²) in [6, 6.07) is 16.4. The van der Waals surface area contributed by atoms with Gasteiger partial charge >= 0.3 is 0 Å². The summed E-state index contributed by atoms with van der Waals surface area (Å²) in [7, 11) is 0. The Kier molecular flexibility index (Phi) is 7.89. The van der Waals surface area contributed by atoms with Crippen LogP contribution in [0.4, 0.5) is 0 Å². The fourth-order valence-corrected chi connectivity index (χ4v) is 6.07. The Morgan fingerprint density at radius 2 is 1.84 bits per heavy atom. The lowest BCUT2D eigenvalue weighted by Crippen LogP contribution is -2.47. The molecule has 2 aromatic rings. The van der Waals surface area contributed by atoms with E-state index in [9.17, 15) is 4.79 Å². The third-order valence-corrected chi connectivity index (χ3v) is 7.81. The number of morpholine rings is 1. The fraction of sp³-hybridized carbons (Fsp3) is 0.500. The van der Waals surface area contributed by atoms with Gasteiger partial charge in [-0.25, -0.2) is 0 Å². The normalized spacial score (nSPS) is 23.2. The molecule has 0 aliphatic carbocycles. The monoisotopic (exact) mass is 454 g/mol. The standard InChI is InChI=1S/C26H34N2O3S/c1-2-3-8-17-31-24-20-9-4-5-10-21(20)26(25(27)29,13-14-28-15-18-30-19-16-28)22-11-6-7-12-23(22)32-24/h4-7,9-12,24H,2-3,8,13-19H2,1H3,(H2,27,29). The van der Waals surface area contributed by atoms with Crippen molar-refractivity contribution >= 4 is 17.7 Å². The summed E-state index contributed by atoms with van der Waals surface area (Å²) >= 11 is 1.70. The highest BCUT2D eigenvalue weighted by atomic mass is 32.2. The van der Waals surface area contributed by atoms with Gasteiger partial charge in [-0.2, -0.15) is 0 Å². The smallest absolute Gasteiger partial charge is 0.232 e. The van der Waals surface area contributed by atoms with Crippen molar-refractivity contribution in [1.29, 1.82) is 0 Å². The number of carbonyl (C=O) groups is 1. The topological polar surface area (TPSA) is 64.8 Å². The van der Waals surface area contributed by atoms with Crippen LogP contribution in [-0.4, -0.2) is 50.3 Å². The Labute approximate surface area is 195 Å². The van der Waals surface area contributed by atoms with E-state index in [4.69, 9.17) is 15.2 Å². The average molecular weight is 455 g/mol. The molecule has 172 valence electrons. The van der Waals surface area contributed by atoms with E-state index >= 15 is 0 Å². The predicted octanol–water partition coefficient (Wildman–Crippen LogP) is 4.49. The summed E-state index contributed by atoms with van der Waals surface area (Å²) in [6.07, 6.45) is 3.99. The third kappa shape index (κ3) is 4.74. The van der Waals surface area contributed by atoms with Gasteiger partial charge in [0.25, 0.3) is 0 Å². The van der Waals surface area contributed by atoms with Crippen LogP contribution in [0, 0.1) is 0 Å². The molecule has 2 aliphatic heterocycles. The summed E-state index contributed by atoms with van der Waals surface area (Å²) in [6.45, 7) is 6.94. The molecule has 1 saturated heterocycles. The van der Waals surface area contributed by atoms with Crippen molar-refractivity contribution in [1.82, 2.24) is 4.90 Å². The first-order chi connectivity index (χ1) is 15.7. The molecule has 0 radical (unpaired) electrons. The van der Waals surface area contributed by atoms with Crippen LogP contribution in [0.5, 0.6) is 0 Å². The number of unbranched alkanes of at least 4 members (excludes halogenated alkanes) is 2. The average Bonchev–Trinajstić information content (AvgIpc) is 2.94. The quantitative estimate of drug-likeness (QED) is 0.566. The Hall–Kier alpha value is -1.86. The van der Waals surface area contributed by atoms with E-state index in [1.165, 1.54) is 0 Å². The van der Waals surface area contributed by atoms with Gasteiger partial charge in [0.05, 0.1) is 13.2 Å². The van der Waals surface area contributed by atoms with Crippen molar-refractivity contribution in [2.75, 3.05) is 39.5 Å². The van der Waals surface area contributed by atoms with Gasteiger partial charge in [0.2, 0.25) is 5.91 Å². The number of hydrogen-bond donors (Lipinski definition) is 1. The van der Waals surface area contributed by atoms with Crippen molar-refractivity contribution in [3.63, 3.8) is 0 Å². The maximum absolute atomic E-state index is 13.4. The molecule has 6 heteroatoms. The van der Waals surface area contributed by atoms with E-state index < -0.39 is 5.41 Å². The molecule has 2 atom stereocenters. The largest absolute Gasteiger partial charge is 0.379 e. The first kappa shape index (κ1) is 23.3. The number of hydrogen-bond acceptors (Lipinski definition) is 5. The van der Waals surface area contributed by atoms with E-state index in [0.29, 0.717) is 13.0 Å². The van der Waals surface area contributed by atoms with Gasteiger partial charge in [-0.05, 0) is 35.6 Å². The summed E-state index contributed by atoms with van der Waals surface area (Å²) in [4.78, 5) is 16.8. The molecule has 4 rings (SSSR count). The minimum atomic E-state index is -0.889. The molecule has 0 aromatic heterocycles. The van der Waals surface area contributed by atoms with Crippen molar-refractivity contribution < 1.29 is 14.3 Å². The third-order valence-electron chi connectivity index (χ3n) is 6.60. The van der Waals surface area contributed by atoms with E-state index in [1.807, 2.05) is 24.3 Å². The highest BCUT2D eigenvalue weighted by molar-refractivity contribution is 7.99. The minimum Gasteiger partial charge on any atom is -0.379 e. The molecule has 2 unspecified atom stereocenters. The SMILES string of the molecule is CCCCCOC1Sc2ccccc2C(CCN2CCOCC2)(C(N)=O)c2ccccc21. The molecule has 1 fully saturated rings. The van der Waals surface area contributed by atoms with Gasteiger partial charge in [0.15, 0.2) is 0 Å². The van der Waals surface area contributed by atoms with E-state index in [2.05, 4.69) is 36.1 Å². The molecule has 0 spiro atoms. The van der Waals surface area contributed by atoms with E-state index in [1.54, 1.807) is 11.8 Å². The molecule has 32 heavy (non-hydrogen) atoms. The number of rotatable bonds is 9. The predicted molar refractivity (Wildman–Crippen MR) is 129 cm³/mol. The molecule has 1 amide bonds. The number of fused-ring (bicyclic) bond motifs is 2. The van der Waals surface area contributed by atoms with E-state index in [-0.39, 0.29) is 11.3 Å². The lowest BCUT2D eigenvalue weighted by atomic mass is 9.69. The van der Waals surface area contributed by atoms with Crippen molar-refractivity contribution in [3.8, 4) is 0 Å². The fourth-order valence-electron chi connectivity index (χ4n) is 4.81. The number of benzene rings is 2. The lowest BCUT2D eigenvalue weighted by Gasteiger charge is -2.36. The molecule has 2 heterocycles. The van der Waals surface area contributed by atoms with Crippen molar-refractivity contribution in [2.45, 2.75) is 48.4 Å². The van der Waals surface area contributed by atoms with Crippen LogP contribution in [-0.2, 0) is 19.7 Å². The van der Waals surface area contributed by atoms with Gasteiger partial charge in [-0.1, -0.05) is 74.0 Å². The number of nitrogens with two attached hydrogens (primary N) is 1. The maximum atomic E-state index is 13.4. The van der Waals surface area contributed by atoms with Crippen LogP contribution >= 0.6 is 11.8 Å². The zero-order chi connectivity index (χ0) is 22.4. The number of nitrogens with zero attached hydrogens (tertiary/aromatic N) is 1. The summed E-state index contributed by atoms with van der Waals surface area (Å²) in [5.74, 6) is -0.294. The van der Waals surface area contributed by atoms with Crippen LogP contribution in [0.2, 0.25) is 0 Å². The first-order valence-electron chi connectivity index (χ1n) is 11.7. The number of carbonyl (C=O) groups excluding carboxylic acids is 1. The second-order valence-electron chi connectivity index (χ2n) is 8.58. The number of thioether (sulfide) groups is 1. The van der Waals surface area contributed by atoms with Crippen molar-refractivity contribution in [3.05, 3.63) is 65.2 Å². The highest BCUT2D eigenvalue weighted by Crippen LogP contribution is 2.51. The molecule has 2 aromatic carbocycles. The Morgan fingerprint density at radius 3 is 2.59 bits per heavy atom. The lowest BCUT2D eigenvalue weighted by molar-refractivity contribution is -0.122. The van der Waals surface area contributed by atoms with Crippen LogP contribution < -0.4 is 5.73 Å². The van der Waals surface area contributed by atoms with Crippen LogP contribution in [0.3, 0.4) is 0 Å². The molecule has 5 nitrogen and oxygen atoms in total. The van der Waals surface area contributed by atoms with Crippen molar-refractivity contribution in [2.24, 2.45) is 5.73 Å². The zero-order valence-corrected chi connectivity index (χ0v) is 19.7. The number of primary amides is 1. The Morgan fingerprint density at radius 1 is 1.12 bits per heavy atom. The highest BCUT2D eigenvalue weighted by Gasteiger charge is 2.46. The maximum Gasteiger partial charge on any atom is 0.232 e. The second kappa shape index (κ2) is 10.8. The van der Waals surface area contributed by atoms with Crippen LogP contribution in [0.1, 0.15) is 54.7 Å².